The van der Waals surface area contributed by atoms with E-state index in [1.165, 1.54) is 12.1 Å². The summed E-state index contributed by atoms with van der Waals surface area (Å²) in [7, 11) is 1.73. The maximum atomic E-state index is 12.6. The summed E-state index contributed by atoms with van der Waals surface area (Å²) < 4.78 is 28.7. The van der Waals surface area contributed by atoms with E-state index < -0.39 is 6.61 Å². The number of rotatable bonds is 6. The standard InChI is InChI=1S/C21H19F2NO2/c1-24(14-15-9-11-18(12-10-15)26-21(22)23)20(25)13-17-7-4-6-16-5-2-3-8-19(16)17/h2-12,21H,13-14H2,1H3. The quantitative estimate of drug-likeness (QED) is 0.645. The van der Waals surface area contributed by atoms with Crippen LogP contribution in [0.1, 0.15) is 11.1 Å². The predicted octanol–water partition coefficient (Wildman–Crippen LogP) is 4.64. The Bertz CT molecular complexity index is 889. The van der Waals surface area contributed by atoms with Gasteiger partial charge in [-0.2, -0.15) is 8.78 Å². The van der Waals surface area contributed by atoms with Crippen LogP contribution >= 0.6 is 0 Å². The molecule has 0 aromatic heterocycles. The molecule has 26 heavy (non-hydrogen) atoms. The SMILES string of the molecule is CN(Cc1ccc(OC(F)F)cc1)C(=O)Cc1cccc2ccccc12. The predicted molar refractivity (Wildman–Crippen MR) is 97.2 cm³/mol. The largest absolute Gasteiger partial charge is 0.435 e. The molecule has 0 saturated heterocycles. The fourth-order valence-electron chi connectivity index (χ4n) is 2.88. The van der Waals surface area contributed by atoms with E-state index in [0.717, 1.165) is 21.9 Å². The molecule has 1 amide bonds. The molecule has 3 aromatic rings. The molecule has 0 N–H and O–H groups in total. The number of carbonyl (C=O) groups excluding carboxylic acids is 1. The summed E-state index contributed by atoms with van der Waals surface area (Å²) in [5.74, 6) is 0.0998. The van der Waals surface area contributed by atoms with Gasteiger partial charge in [-0.1, -0.05) is 54.6 Å². The first kappa shape index (κ1) is 17.9. The molecule has 0 atom stereocenters. The minimum absolute atomic E-state index is 0.00531. The highest BCUT2D eigenvalue weighted by Crippen LogP contribution is 2.20. The second kappa shape index (κ2) is 7.95. The van der Waals surface area contributed by atoms with Crippen molar-refractivity contribution in [1.82, 2.24) is 4.90 Å². The van der Waals surface area contributed by atoms with Crippen molar-refractivity contribution >= 4 is 16.7 Å². The maximum Gasteiger partial charge on any atom is 0.387 e. The minimum Gasteiger partial charge on any atom is -0.435 e. The summed E-state index contributed by atoms with van der Waals surface area (Å²) in [5, 5.41) is 2.18. The van der Waals surface area contributed by atoms with Crippen LogP contribution in [-0.4, -0.2) is 24.5 Å². The summed E-state index contributed by atoms with van der Waals surface area (Å²) in [5.41, 5.74) is 1.83. The van der Waals surface area contributed by atoms with Crippen molar-refractivity contribution in [2.45, 2.75) is 19.6 Å². The zero-order valence-electron chi connectivity index (χ0n) is 14.4. The lowest BCUT2D eigenvalue weighted by Crippen LogP contribution is -2.27. The van der Waals surface area contributed by atoms with Gasteiger partial charge in [0.15, 0.2) is 0 Å². The van der Waals surface area contributed by atoms with Crippen LogP contribution in [0.15, 0.2) is 66.7 Å². The van der Waals surface area contributed by atoms with Crippen LogP contribution in [0.5, 0.6) is 5.75 Å². The number of hydrogen-bond acceptors (Lipinski definition) is 2. The smallest absolute Gasteiger partial charge is 0.387 e. The van der Waals surface area contributed by atoms with Crippen molar-refractivity contribution in [2.24, 2.45) is 0 Å². The number of nitrogens with zero attached hydrogens (tertiary/aromatic N) is 1. The van der Waals surface area contributed by atoms with E-state index in [2.05, 4.69) is 4.74 Å². The number of ether oxygens (including phenoxy) is 1. The first-order valence-corrected chi connectivity index (χ1v) is 8.27. The molecule has 0 bridgehead atoms. The van der Waals surface area contributed by atoms with E-state index in [0.29, 0.717) is 13.0 Å². The Hall–Kier alpha value is -2.95. The fraction of sp³-hybridized carbons (Fsp3) is 0.190. The Labute approximate surface area is 150 Å². The molecule has 0 aliphatic rings. The Kier molecular flexibility index (Phi) is 5.46. The van der Waals surface area contributed by atoms with Crippen LogP contribution in [-0.2, 0) is 17.8 Å². The topological polar surface area (TPSA) is 29.5 Å². The normalized spacial score (nSPS) is 10.9. The van der Waals surface area contributed by atoms with E-state index in [-0.39, 0.29) is 11.7 Å². The van der Waals surface area contributed by atoms with Crippen molar-refractivity contribution < 1.29 is 18.3 Å². The maximum absolute atomic E-state index is 12.6. The van der Waals surface area contributed by atoms with Crippen LogP contribution < -0.4 is 4.74 Å². The highest BCUT2D eigenvalue weighted by atomic mass is 19.3. The van der Waals surface area contributed by atoms with Gasteiger partial charge in [-0.25, -0.2) is 0 Å². The molecule has 0 saturated carbocycles. The molecule has 3 aromatic carbocycles. The molecule has 3 rings (SSSR count). The third kappa shape index (κ3) is 4.36. The number of fused-ring (bicyclic) bond motifs is 1. The van der Waals surface area contributed by atoms with Crippen molar-refractivity contribution in [3.05, 3.63) is 77.9 Å². The Balaban J connectivity index is 1.66. The molecular formula is C21H19F2NO2. The second-order valence-electron chi connectivity index (χ2n) is 6.09. The van der Waals surface area contributed by atoms with Crippen LogP contribution in [0.3, 0.4) is 0 Å². The lowest BCUT2D eigenvalue weighted by molar-refractivity contribution is -0.129. The van der Waals surface area contributed by atoms with E-state index in [9.17, 15) is 13.6 Å². The number of benzene rings is 3. The summed E-state index contributed by atoms with van der Waals surface area (Å²) >= 11 is 0. The first-order chi connectivity index (χ1) is 12.5. The van der Waals surface area contributed by atoms with E-state index in [1.807, 2.05) is 42.5 Å². The number of halogens is 2. The van der Waals surface area contributed by atoms with E-state index in [4.69, 9.17) is 0 Å². The molecule has 0 fully saturated rings. The van der Waals surface area contributed by atoms with Gasteiger partial charge in [-0.15, -0.1) is 0 Å². The number of alkyl halides is 2. The average molecular weight is 355 g/mol. The van der Waals surface area contributed by atoms with Gasteiger partial charge in [0, 0.05) is 13.6 Å². The second-order valence-corrected chi connectivity index (χ2v) is 6.09. The van der Waals surface area contributed by atoms with Crippen LogP contribution in [0.2, 0.25) is 0 Å². The lowest BCUT2D eigenvalue weighted by atomic mass is 10.0. The van der Waals surface area contributed by atoms with Gasteiger partial charge in [0.05, 0.1) is 6.42 Å². The van der Waals surface area contributed by atoms with Gasteiger partial charge in [-0.05, 0) is 34.0 Å². The van der Waals surface area contributed by atoms with Gasteiger partial charge >= 0.3 is 6.61 Å². The lowest BCUT2D eigenvalue weighted by Gasteiger charge is -2.18. The molecule has 3 nitrogen and oxygen atoms in total. The molecule has 5 heteroatoms. The van der Waals surface area contributed by atoms with Crippen LogP contribution in [0.25, 0.3) is 10.8 Å². The van der Waals surface area contributed by atoms with Crippen molar-refractivity contribution in [3.63, 3.8) is 0 Å². The number of amides is 1. The molecule has 0 heterocycles. The molecule has 0 unspecified atom stereocenters. The highest BCUT2D eigenvalue weighted by Gasteiger charge is 2.12. The van der Waals surface area contributed by atoms with Crippen LogP contribution in [0, 0.1) is 0 Å². The molecule has 0 spiro atoms. The van der Waals surface area contributed by atoms with Gasteiger partial charge in [0.1, 0.15) is 5.75 Å². The molecule has 0 radical (unpaired) electrons. The molecule has 134 valence electrons. The minimum atomic E-state index is -2.84. The third-order valence-corrected chi connectivity index (χ3v) is 4.22. The summed E-state index contributed by atoms with van der Waals surface area (Å²) in [6.07, 6.45) is 0.310. The summed E-state index contributed by atoms with van der Waals surface area (Å²) in [6, 6.07) is 20.2. The zero-order valence-corrected chi connectivity index (χ0v) is 14.4. The zero-order chi connectivity index (χ0) is 18.5. The van der Waals surface area contributed by atoms with Gasteiger partial charge in [0.2, 0.25) is 5.91 Å². The molecule has 0 aliphatic carbocycles. The molecular weight excluding hydrogens is 336 g/mol. The monoisotopic (exact) mass is 355 g/mol. The van der Waals surface area contributed by atoms with Crippen molar-refractivity contribution in [1.29, 1.82) is 0 Å². The average Bonchev–Trinajstić information content (AvgIpc) is 2.63. The van der Waals surface area contributed by atoms with Gasteiger partial charge in [0.25, 0.3) is 0 Å². The molecule has 0 aliphatic heterocycles. The Morgan fingerprint density at radius 3 is 2.42 bits per heavy atom. The van der Waals surface area contributed by atoms with Crippen LogP contribution in [0.4, 0.5) is 8.78 Å². The van der Waals surface area contributed by atoms with Gasteiger partial charge in [-0.3, -0.25) is 4.79 Å². The van der Waals surface area contributed by atoms with Crippen molar-refractivity contribution in [3.8, 4) is 5.75 Å². The van der Waals surface area contributed by atoms with Gasteiger partial charge < -0.3 is 9.64 Å². The first-order valence-electron chi connectivity index (χ1n) is 8.27. The number of carbonyl (C=O) groups is 1. The highest BCUT2D eigenvalue weighted by molar-refractivity contribution is 5.90. The summed E-state index contributed by atoms with van der Waals surface area (Å²) in [4.78, 5) is 14.2. The Morgan fingerprint density at radius 2 is 1.69 bits per heavy atom. The fourth-order valence-corrected chi connectivity index (χ4v) is 2.88. The number of likely N-dealkylation sites (N-methyl/N-ethyl adjacent to an activating group) is 1. The number of hydrogen-bond donors (Lipinski definition) is 0. The van der Waals surface area contributed by atoms with E-state index >= 15 is 0 Å². The van der Waals surface area contributed by atoms with Crippen molar-refractivity contribution in [2.75, 3.05) is 7.05 Å². The van der Waals surface area contributed by atoms with E-state index in [1.54, 1.807) is 24.1 Å². The Morgan fingerprint density at radius 1 is 1.00 bits per heavy atom. The third-order valence-electron chi connectivity index (χ3n) is 4.22. The summed E-state index contributed by atoms with van der Waals surface area (Å²) in [6.45, 7) is -2.44.